The van der Waals surface area contributed by atoms with Crippen molar-refractivity contribution in [1.29, 1.82) is 0 Å². The average molecular weight is 180 g/mol. The fourth-order valence-electron chi connectivity index (χ4n) is 0.943. The molecule has 0 radical (unpaired) electrons. The van der Waals surface area contributed by atoms with Crippen LogP contribution in [0.25, 0.3) is 0 Å². The summed E-state index contributed by atoms with van der Waals surface area (Å²) >= 11 is 0. The van der Waals surface area contributed by atoms with Crippen molar-refractivity contribution in [3.05, 3.63) is 18.0 Å². The molecule has 3 nitrogen and oxygen atoms in total. The van der Waals surface area contributed by atoms with Crippen LogP contribution in [-0.2, 0) is 0 Å². The van der Waals surface area contributed by atoms with Gasteiger partial charge in [0.05, 0.1) is 11.8 Å². The third-order valence-corrected chi connectivity index (χ3v) is 1.59. The van der Waals surface area contributed by atoms with Gasteiger partial charge in [-0.25, -0.2) is 4.98 Å². The van der Waals surface area contributed by atoms with Gasteiger partial charge in [-0.3, -0.25) is 0 Å². The van der Waals surface area contributed by atoms with E-state index in [4.69, 9.17) is 4.74 Å². The molecule has 1 heterocycles. The van der Waals surface area contributed by atoms with E-state index < -0.39 is 0 Å². The fraction of sp³-hybridized carbons (Fsp3) is 0.600. The number of hydrogen-bond donors (Lipinski definition) is 0. The van der Waals surface area contributed by atoms with Gasteiger partial charge in [-0.15, -0.1) is 0 Å². The topological polar surface area (TPSA) is 35.0 Å². The molecule has 1 aromatic rings. The molecule has 0 N–H and O–H groups in total. The summed E-state index contributed by atoms with van der Waals surface area (Å²) in [6, 6.07) is 2.39. The maximum atomic E-state index is 5.38. The zero-order valence-corrected chi connectivity index (χ0v) is 8.61. The summed E-state index contributed by atoms with van der Waals surface area (Å²) in [4.78, 5) is 8.31. The first-order valence-electron chi connectivity index (χ1n) is 4.59. The van der Waals surface area contributed by atoms with Gasteiger partial charge < -0.3 is 4.74 Å². The van der Waals surface area contributed by atoms with Crippen molar-refractivity contribution in [2.45, 2.75) is 39.7 Å². The van der Waals surface area contributed by atoms with Gasteiger partial charge in [0, 0.05) is 6.20 Å². The summed E-state index contributed by atoms with van der Waals surface area (Å²) in [6.07, 6.45) is 1.86. The Kier molecular flexibility index (Phi) is 3.23. The lowest BCUT2D eigenvalue weighted by Crippen LogP contribution is -2.09. The van der Waals surface area contributed by atoms with E-state index in [0.29, 0.717) is 11.9 Å². The summed E-state index contributed by atoms with van der Waals surface area (Å²) < 4.78 is 5.38. The molecule has 0 atom stereocenters. The van der Waals surface area contributed by atoms with Crippen LogP contribution in [0.3, 0.4) is 0 Å². The number of rotatable bonds is 3. The monoisotopic (exact) mass is 180 g/mol. The van der Waals surface area contributed by atoms with E-state index in [1.54, 1.807) is 6.20 Å². The smallest absolute Gasteiger partial charge is 0.316 e. The molecule has 1 aromatic heterocycles. The van der Waals surface area contributed by atoms with Gasteiger partial charge in [0.15, 0.2) is 0 Å². The van der Waals surface area contributed by atoms with Gasteiger partial charge in [0.1, 0.15) is 0 Å². The SMILES string of the molecule is CC(C)Oc1nccc(C(C)C)n1. The van der Waals surface area contributed by atoms with E-state index in [0.717, 1.165) is 5.69 Å². The molecular weight excluding hydrogens is 164 g/mol. The van der Waals surface area contributed by atoms with Crippen LogP contribution in [-0.4, -0.2) is 16.1 Å². The lowest BCUT2D eigenvalue weighted by Gasteiger charge is -2.09. The molecule has 0 aliphatic heterocycles. The van der Waals surface area contributed by atoms with Crippen LogP contribution >= 0.6 is 0 Å². The molecule has 0 aromatic carbocycles. The van der Waals surface area contributed by atoms with Crippen LogP contribution in [0.4, 0.5) is 0 Å². The van der Waals surface area contributed by atoms with E-state index in [1.165, 1.54) is 0 Å². The summed E-state index contributed by atoms with van der Waals surface area (Å²) in [7, 11) is 0. The number of ether oxygens (including phenoxy) is 1. The Balaban J connectivity index is 2.79. The molecule has 3 heteroatoms. The van der Waals surface area contributed by atoms with Gasteiger partial charge in [0.2, 0.25) is 0 Å². The normalized spacial score (nSPS) is 10.9. The largest absolute Gasteiger partial charge is 0.461 e. The predicted molar refractivity (Wildman–Crippen MR) is 51.9 cm³/mol. The zero-order chi connectivity index (χ0) is 9.84. The van der Waals surface area contributed by atoms with Gasteiger partial charge in [-0.1, -0.05) is 13.8 Å². The Morgan fingerprint density at radius 3 is 2.46 bits per heavy atom. The highest BCUT2D eigenvalue weighted by Gasteiger charge is 2.04. The number of hydrogen-bond acceptors (Lipinski definition) is 3. The summed E-state index contributed by atoms with van der Waals surface area (Å²) in [5.41, 5.74) is 1.02. The third-order valence-electron chi connectivity index (χ3n) is 1.59. The highest BCUT2D eigenvalue weighted by atomic mass is 16.5. The number of aromatic nitrogens is 2. The van der Waals surface area contributed by atoms with E-state index in [2.05, 4.69) is 23.8 Å². The lowest BCUT2D eigenvalue weighted by atomic mass is 10.1. The maximum Gasteiger partial charge on any atom is 0.316 e. The molecule has 0 fully saturated rings. The first kappa shape index (κ1) is 9.96. The molecule has 72 valence electrons. The molecule has 0 saturated heterocycles. The van der Waals surface area contributed by atoms with Gasteiger partial charge in [-0.05, 0) is 25.8 Å². The highest BCUT2D eigenvalue weighted by molar-refractivity contribution is 5.09. The molecule has 0 amide bonds. The predicted octanol–water partition coefficient (Wildman–Crippen LogP) is 2.39. The second kappa shape index (κ2) is 4.21. The molecule has 0 aliphatic rings. The van der Waals surface area contributed by atoms with E-state index in [1.807, 2.05) is 19.9 Å². The molecular formula is C10H16N2O. The van der Waals surface area contributed by atoms with Crippen LogP contribution in [0.1, 0.15) is 39.3 Å². The zero-order valence-electron chi connectivity index (χ0n) is 8.61. The number of nitrogens with zero attached hydrogens (tertiary/aromatic N) is 2. The quantitative estimate of drug-likeness (QED) is 0.716. The Bertz CT molecular complexity index is 271. The highest BCUT2D eigenvalue weighted by Crippen LogP contribution is 2.13. The van der Waals surface area contributed by atoms with Gasteiger partial charge in [0.25, 0.3) is 0 Å². The van der Waals surface area contributed by atoms with Gasteiger partial charge in [-0.2, -0.15) is 4.98 Å². The van der Waals surface area contributed by atoms with Crippen molar-refractivity contribution in [3.8, 4) is 6.01 Å². The maximum absolute atomic E-state index is 5.38. The minimum Gasteiger partial charge on any atom is -0.461 e. The Labute approximate surface area is 79.2 Å². The summed E-state index contributed by atoms with van der Waals surface area (Å²) in [5.74, 6) is 0.414. The molecule has 0 spiro atoms. The third kappa shape index (κ3) is 3.01. The minimum atomic E-state index is 0.127. The fourth-order valence-corrected chi connectivity index (χ4v) is 0.943. The van der Waals surface area contributed by atoms with Crippen LogP contribution in [0.5, 0.6) is 6.01 Å². The minimum absolute atomic E-state index is 0.127. The van der Waals surface area contributed by atoms with Crippen molar-refractivity contribution >= 4 is 0 Å². The van der Waals surface area contributed by atoms with Crippen molar-refractivity contribution < 1.29 is 4.74 Å². The standard InChI is InChI=1S/C10H16N2O/c1-7(2)9-5-6-11-10(12-9)13-8(3)4/h5-8H,1-4H3. The van der Waals surface area contributed by atoms with Crippen LogP contribution in [0.2, 0.25) is 0 Å². The Morgan fingerprint density at radius 1 is 1.23 bits per heavy atom. The molecule has 0 saturated carbocycles. The van der Waals surface area contributed by atoms with Crippen LogP contribution < -0.4 is 4.74 Å². The molecule has 1 rings (SSSR count). The van der Waals surface area contributed by atoms with E-state index in [-0.39, 0.29) is 6.10 Å². The molecule has 0 aliphatic carbocycles. The van der Waals surface area contributed by atoms with E-state index >= 15 is 0 Å². The van der Waals surface area contributed by atoms with E-state index in [9.17, 15) is 0 Å². The van der Waals surface area contributed by atoms with Crippen LogP contribution in [0, 0.1) is 0 Å². The molecule has 13 heavy (non-hydrogen) atoms. The lowest BCUT2D eigenvalue weighted by molar-refractivity contribution is 0.221. The first-order valence-corrected chi connectivity index (χ1v) is 4.59. The molecule has 0 bridgehead atoms. The van der Waals surface area contributed by atoms with Crippen molar-refractivity contribution in [2.24, 2.45) is 0 Å². The van der Waals surface area contributed by atoms with Crippen molar-refractivity contribution in [3.63, 3.8) is 0 Å². The Hall–Kier alpha value is -1.12. The first-order chi connectivity index (χ1) is 6.09. The Morgan fingerprint density at radius 2 is 1.92 bits per heavy atom. The molecule has 0 unspecified atom stereocenters. The summed E-state index contributed by atoms with van der Waals surface area (Å²) in [5, 5.41) is 0. The second-order valence-electron chi connectivity index (χ2n) is 3.59. The van der Waals surface area contributed by atoms with Crippen molar-refractivity contribution in [2.75, 3.05) is 0 Å². The van der Waals surface area contributed by atoms with Gasteiger partial charge >= 0.3 is 6.01 Å². The van der Waals surface area contributed by atoms with Crippen LogP contribution in [0.15, 0.2) is 12.3 Å². The van der Waals surface area contributed by atoms with Crippen molar-refractivity contribution in [1.82, 2.24) is 9.97 Å². The summed E-state index contributed by atoms with van der Waals surface area (Å²) in [6.45, 7) is 8.12. The second-order valence-corrected chi connectivity index (χ2v) is 3.59. The average Bonchev–Trinajstić information content (AvgIpc) is 2.03.